The molecule has 0 unspecified atom stereocenters. The molecule has 0 saturated carbocycles. The van der Waals surface area contributed by atoms with Crippen molar-refractivity contribution in [2.45, 2.75) is 12.3 Å². The quantitative estimate of drug-likeness (QED) is 0.834. The van der Waals surface area contributed by atoms with Gasteiger partial charge in [-0.05, 0) is 41.8 Å². The highest BCUT2D eigenvalue weighted by Gasteiger charge is 2.33. The number of hydrogen-bond donors (Lipinski definition) is 2. The maximum atomic E-state index is 12.6. The van der Waals surface area contributed by atoms with Crippen molar-refractivity contribution in [3.05, 3.63) is 64.7 Å². The van der Waals surface area contributed by atoms with Gasteiger partial charge in [-0.15, -0.1) is 0 Å². The third-order valence-corrected chi connectivity index (χ3v) is 4.95. The van der Waals surface area contributed by atoms with Crippen molar-refractivity contribution in [3.8, 4) is 5.75 Å². The Bertz CT molecular complexity index is 718. The zero-order valence-corrected chi connectivity index (χ0v) is 15.1. The summed E-state index contributed by atoms with van der Waals surface area (Å²) in [6.45, 7) is 2.14. The van der Waals surface area contributed by atoms with Crippen molar-refractivity contribution in [1.82, 2.24) is 10.6 Å². The zero-order chi connectivity index (χ0) is 17.6. The second kappa shape index (κ2) is 8.37. The molecule has 1 saturated heterocycles. The van der Waals surface area contributed by atoms with Crippen molar-refractivity contribution >= 4 is 17.5 Å². The molecular weight excluding hydrogens is 336 g/mol. The fourth-order valence-corrected chi connectivity index (χ4v) is 3.43. The summed E-state index contributed by atoms with van der Waals surface area (Å²) in [6, 6.07) is 15.7. The smallest absolute Gasteiger partial charge is 0.225 e. The largest absolute Gasteiger partial charge is 0.497 e. The summed E-state index contributed by atoms with van der Waals surface area (Å²) >= 11 is 5.96. The molecule has 1 fully saturated rings. The van der Waals surface area contributed by atoms with Crippen LogP contribution in [0.4, 0.5) is 0 Å². The Morgan fingerprint density at radius 3 is 2.80 bits per heavy atom. The summed E-state index contributed by atoms with van der Waals surface area (Å²) in [7, 11) is 1.66. The van der Waals surface area contributed by atoms with Gasteiger partial charge in [0.15, 0.2) is 0 Å². The molecule has 4 nitrogen and oxygen atoms in total. The molecule has 1 amide bonds. The molecule has 0 aromatic heterocycles. The Hall–Kier alpha value is -2.04. The number of nitrogens with one attached hydrogen (secondary N) is 2. The molecule has 1 aliphatic heterocycles. The SMILES string of the molecule is COc1cccc(CCNC(=O)[C@@H]2CNC[C@H]2c2ccc(Cl)cc2)c1. The minimum absolute atomic E-state index is 0.0496. The molecule has 2 aromatic carbocycles. The minimum atomic E-state index is -0.0496. The van der Waals surface area contributed by atoms with Gasteiger partial charge < -0.3 is 15.4 Å². The number of benzene rings is 2. The highest BCUT2D eigenvalue weighted by Crippen LogP contribution is 2.29. The molecule has 25 heavy (non-hydrogen) atoms. The zero-order valence-electron chi connectivity index (χ0n) is 14.3. The van der Waals surface area contributed by atoms with Gasteiger partial charge in [0.1, 0.15) is 5.75 Å². The molecule has 2 N–H and O–H groups in total. The molecule has 2 aromatic rings. The van der Waals surface area contributed by atoms with E-state index in [2.05, 4.69) is 10.6 Å². The summed E-state index contributed by atoms with van der Waals surface area (Å²) in [4.78, 5) is 12.6. The third-order valence-electron chi connectivity index (χ3n) is 4.70. The van der Waals surface area contributed by atoms with Gasteiger partial charge in [-0.2, -0.15) is 0 Å². The first-order valence-electron chi connectivity index (χ1n) is 8.54. The topological polar surface area (TPSA) is 50.4 Å². The normalized spacial score (nSPS) is 19.6. The van der Waals surface area contributed by atoms with Crippen molar-refractivity contribution < 1.29 is 9.53 Å². The van der Waals surface area contributed by atoms with Gasteiger partial charge in [0.2, 0.25) is 5.91 Å². The molecule has 0 bridgehead atoms. The van der Waals surface area contributed by atoms with Gasteiger partial charge in [0.05, 0.1) is 13.0 Å². The van der Waals surface area contributed by atoms with Gasteiger partial charge in [-0.1, -0.05) is 35.9 Å². The molecular formula is C20H23ClN2O2. The van der Waals surface area contributed by atoms with E-state index in [1.807, 2.05) is 48.5 Å². The van der Waals surface area contributed by atoms with Crippen LogP contribution < -0.4 is 15.4 Å². The van der Waals surface area contributed by atoms with Crippen molar-refractivity contribution in [2.24, 2.45) is 5.92 Å². The van der Waals surface area contributed by atoms with E-state index in [4.69, 9.17) is 16.3 Å². The summed E-state index contributed by atoms with van der Waals surface area (Å²) < 4.78 is 5.23. The van der Waals surface area contributed by atoms with Crippen LogP contribution in [-0.2, 0) is 11.2 Å². The van der Waals surface area contributed by atoms with Gasteiger partial charge in [-0.25, -0.2) is 0 Å². The lowest BCUT2D eigenvalue weighted by Gasteiger charge is -2.18. The van der Waals surface area contributed by atoms with Crippen LogP contribution in [0.15, 0.2) is 48.5 Å². The molecule has 1 heterocycles. The van der Waals surface area contributed by atoms with E-state index in [-0.39, 0.29) is 17.7 Å². The predicted octanol–water partition coefficient (Wildman–Crippen LogP) is 3.01. The number of methoxy groups -OCH3 is 1. The average Bonchev–Trinajstić information content (AvgIpc) is 3.12. The maximum Gasteiger partial charge on any atom is 0.225 e. The Balaban J connectivity index is 1.55. The highest BCUT2D eigenvalue weighted by molar-refractivity contribution is 6.30. The number of carbonyl (C=O) groups is 1. The van der Waals surface area contributed by atoms with E-state index in [0.717, 1.165) is 29.8 Å². The predicted molar refractivity (Wildman–Crippen MR) is 100 cm³/mol. The number of ether oxygens (including phenoxy) is 1. The molecule has 5 heteroatoms. The molecule has 0 spiro atoms. The minimum Gasteiger partial charge on any atom is -0.497 e. The van der Waals surface area contributed by atoms with Gasteiger partial charge >= 0.3 is 0 Å². The fourth-order valence-electron chi connectivity index (χ4n) is 3.30. The molecule has 132 valence electrons. The Morgan fingerprint density at radius 1 is 1.24 bits per heavy atom. The Kier molecular flexibility index (Phi) is 5.95. The van der Waals surface area contributed by atoms with Crippen LogP contribution in [0.2, 0.25) is 5.02 Å². The van der Waals surface area contributed by atoms with Crippen molar-refractivity contribution in [3.63, 3.8) is 0 Å². The Labute approximate surface area is 153 Å². The first-order chi connectivity index (χ1) is 12.2. The second-order valence-corrected chi connectivity index (χ2v) is 6.75. The van der Waals surface area contributed by atoms with Crippen LogP contribution in [0.3, 0.4) is 0 Å². The summed E-state index contributed by atoms with van der Waals surface area (Å²) in [5.41, 5.74) is 2.31. The van der Waals surface area contributed by atoms with Crippen molar-refractivity contribution in [2.75, 3.05) is 26.7 Å². The average molecular weight is 359 g/mol. The standard InChI is InChI=1S/C20H23ClN2O2/c1-25-17-4-2-3-14(11-17)9-10-23-20(24)19-13-22-12-18(19)15-5-7-16(21)8-6-15/h2-8,11,18-19,22H,9-10,12-13H2,1H3,(H,23,24)/t18-,19+/m0/s1. The van der Waals surface area contributed by atoms with Gasteiger partial charge in [0.25, 0.3) is 0 Å². The van der Waals surface area contributed by atoms with Crippen LogP contribution in [-0.4, -0.2) is 32.7 Å². The van der Waals surface area contributed by atoms with E-state index >= 15 is 0 Å². The lowest BCUT2D eigenvalue weighted by molar-refractivity contribution is -0.124. The van der Waals surface area contributed by atoms with Crippen LogP contribution in [0.25, 0.3) is 0 Å². The van der Waals surface area contributed by atoms with Gasteiger partial charge in [-0.3, -0.25) is 4.79 Å². The van der Waals surface area contributed by atoms with E-state index in [9.17, 15) is 4.79 Å². The lowest BCUT2D eigenvalue weighted by atomic mass is 9.88. The number of hydrogen-bond acceptors (Lipinski definition) is 3. The van der Waals surface area contributed by atoms with Crippen LogP contribution in [0.1, 0.15) is 17.0 Å². The molecule has 1 aliphatic rings. The first kappa shape index (κ1) is 17.8. The molecule has 0 aliphatic carbocycles. The fraction of sp³-hybridized carbons (Fsp3) is 0.350. The van der Waals surface area contributed by atoms with E-state index in [0.29, 0.717) is 18.1 Å². The van der Waals surface area contributed by atoms with Crippen LogP contribution in [0.5, 0.6) is 5.75 Å². The van der Waals surface area contributed by atoms with E-state index in [1.165, 1.54) is 0 Å². The number of carbonyl (C=O) groups excluding carboxylic acids is 1. The summed E-state index contributed by atoms with van der Waals surface area (Å²) in [6.07, 6.45) is 0.786. The van der Waals surface area contributed by atoms with Crippen molar-refractivity contribution in [1.29, 1.82) is 0 Å². The van der Waals surface area contributed by atoms with E-state index in [1.54, 1.807) is 7.11 Å². The third kappa shape index (κ3) is 4.53. The van der Waals surface area contributed by atoms with Crippen LogP contribution in [0, 0.1) is 5.92 Å². The van der Waals surface area contributed by atoms with Gasteiger partial charge in [0, 0.05) is 30.6 Å². The van der Waals surface area contributed by atoms with E-state index < -0.39 is 0 Å². The van der Waals surface area contributed by atoms with Crippen LogP contribution >= 0.6 is 11.6 Å². The number of rotatable bonds is 6. The summed E-state index contributed by atoms with van der Waals surface area (Å²) in [5, 5.41) is 7.12. The molecule has 0 radical (unpaired) electrons. The number of halogens is 1. The second-order valence-electron chi connectivity index (χ2n) is 6.32. The molecule has 2 atom stereocenters. The Morgan fingerprint density at radius 2 is 2.04 bits per heavy atom. The lowest BCUT2D eigenvalue weighted by Crippen LogP contribution is -2.35. The molecule has 3 rings (SSSR count). The maximum absolute atomic E-state index is 12.6. The first-order valence-corrected chi connectivity index (χ1v) is 8.92. The summed E-state index contributed by atoms with van der Waals surface area (Å²) in [5.74, 6) is 1.08. The number of amides is 1. The highest BCUT2D eigenvalue weighted by atomic mass is 35.5. The monoisotopic (exact) mass is 358 g/mol.